The molecule has 1 aliphatic heterocycles. The standard InChI is InChI=1S/C30H24ClN3O4S/c1-3-19-5-10-22(11-6-19)32-30-33(23-12-7-20(4-2)8-13-23)29(35)28(39-30)18-24-14-16-27(38-24)21-9-15-25(31)26(17-21)34(36)37/h5-18H,3-4H2,1-2H3/b28-18+,32-30?. The molecule has 1 aliphatic rings. The quantitative estimate of drug-likeness (QED) is 0.129. The molecule has 1 saturated heterocycles. The van der Waals surface area contributed by atoms with E-state index in [0.29, 0.717) is 27.2 Å². The lowest BCUT2D eigenvalue weighted by atomic mass is 10.1. The second-order valence-electron chi connectivity index (χ2n) is 8.81. The molecule has 0 spiro atoms. The predicted octanol–water partition coefficient (Wildman–Crippen LogP) is 8.44. The van der Waals surface area contributed by atoms with Crippen LogP contribution in [0.4, 0.5) is 17.1 Å². The molecule has 0 radical (unpaired) electrons. The maximum atomic E-state index is 13.6. The molecule has 0 atom stereocenters. The molecule has 4 aromatic rings. The van der Waals surface area contributed by atoms with Crippen LogP contribution in [0.2, 0.25) is 5.02 Å². The van der Waals surface area contributed by atoms with E-state index in [0.717, 1.165) is 24.2 Å². The van der Waals surface area contributed by atoms with E-state index in [1.165, 1.54) is 35.0 Å². The number of halogens is 1. The summed E-state index contributed by atoms with van der Waals surface area (Å²) in [7, 11) is 0. The zero-order valence-electron chi connectivity index (χ0n) is 21.3. The summed E-state index contributed by atoms with van der Waals surface area (Å²) in [5, 5.41) is 11.9. The monoisotopic (exact) mass is 557 g/mol. The van der Waals surface area contributed by atoms with Gasteiger partial charge < -0.3 is 4.42 Å². The van der Waals surface area contributed by atoms with Gasteiger partial charge in [0.1, 0.15) is 16.5 Å². The number of aryl methyl sites for hydroxylation is 2. The molecule has 1 aromatic heterocycles. The third-order valence-corrected chi connectivity index (χ3v) is 7.59. The zero-order chi connectivity index (χ0) is 27.5. The topological polar surface area (TPSA) is 89.0 Å². The third kappa shape index (κ3) is 5.67. The SMILES string of the molecule is CCc1ccc(N=C2S/C(=C/c3ccc(-c4ccc(Cl)c([N+](=O)[O-])c4)o3)C(=O)N2c2ccc(CC)cc2)cc1. The van der Waals surface area contributed by atoms with E-state index in [-0.39, 0.29) is 16.6 Å². The molecule has 0 aliphatic carbocycles. The number of rotatable bonds is 7. The van der Waals surface area contributed by atoms with Crippen molar-refractivity contribution in [3.05, 3.63) is 116 Å². The molecule has 0 bridgehead atoms. The van der Waals surface area contributed by atoms with Crippen LogP contribution in [0.3, 0.4) is 0 Å². The summed E-state index contributed by atoms with van der Waals surface area (Å²) in [6.07, 6.45) is 3.49. The third-order valence-electron chi connectivity index (χ3n) is 6.31. The van der Waals surface area contributed by atoms with Crippen LogP contribution < -0.4 is 4.90 Å². The van der Waals surface area contributed by atoms with Gasteiger partial charge in [-0.1, -0.05) is 49.7 Å². The number of benzene rings is 3. The minimum absolute atomic E-state index is 0.0498. The highest BCUT2D eigenvalue weighted by atomic mass is 35.5. The first kappa shape index (κ1) is 26.5. The van der Waals surface area contributed by atoms with Gasteiger partial charge in [-0.3, -0.25) is 19.8 Å². The fraction of sp³-hybridized carbons (Fsp3) is 0.133. The summed E-state index contributed by atoms with van der Waals surface area (Å²) in [6, 6.07) is 23.7. The van der Waals surface area contributed by atoms with Crippen LogP contribution in [-0.2, 0) is 17.6 Å². The highest BCUT2D eigenvalue weighted by molar-refractivity contribution is 8.19. The molecule has 9 heteroatoms. The Balaban J connectivity index is 1.49. The van der Waals surface area contributed by atoms with Gasteiger partial charge in [0.2, 0.25) is 0 Å². The lowest BCUT2D eigenvalue weighted by molar-refractivity contribution is -0.384. The summed E-state index contributed by atoms with van der Waals surface area (Å²) >= 11 is 7.21. The summed E-state index contributed by atoms with van der Waals surface area (Å²) in [5.41, 5.74) is 4.17. The summed E-state index contributed by atoms with van der Waals surface area (Å²) < 4.78 is 5.94. The fourth-order valence-electron chi connectivity index (χ4n) is 4.09. The largest absolute Gasteiger partial charge is 0.457 e. The molecule has 39 heavy (non-hydrogen) atoms. The van der Waals surface area contributed by atoms with Crippen LogP contribution in [0.1, 0.15) is 30.7 Å². The van der Waals surface area contributed by atoms with E-state index in [1.807, 2.05) is 48.5 Å². The van der Waals surface area contributed by atoms with Crippen molar-refractivity contribution < 1.29 is 14.1 Å². The van der Waals surface area contributed by atoms with Crippen LogP contribution in [0.5, 0.6) is 0 Å². The van der Waals surface area contributed by atoms with Gasteiger partial charge in [-0.05, 0) is 84.3 Å². The molecule has 5 rings (SSSR count). The molecule has 3 aromatic carbocycles. The number of aliphatic imine (C=N–C) groups is 1. The summed E-state index contributed by atoms with van der Waals surface area (Å²) in [6.45, 7) is 4.18. The Morgan fingerprint density at radius 1 is 0.974 bits per heavy atom. The first-order chi connectivity index (χ1) is 18.9. The Hall–Kier alpha value is -4.14. The summed E-state index contributed by atoms with van der Waals surface area (Å²) in [5.74, 6) is 0.649. The lowest BCUT2D eigenvalue weighted by Gasteiger charge is -2.16. The Labute approximate surface area is 235 Å². The predicted molar refractivity (Wildman–Crippen MR) is 158 cm³/mol. The van der Waals surface area contributed by atoms with Crippen molar-refractivity contribution >= 4 is 57.6 Å². The van der Waals surface area contributed by atoms with Gasteiger partial charge in [0.05, 0.1) is 21.2 Å². The zero-order valence-corrected chi connectivity index (χ0v) is 22.8. The normalized spacial score (nSPS) is 15.5. The average Bonchev–Trinajstić information content (AvgIpc) is 3.53. The Bertz CT molecular complexity index is 1610. The van der Waals surface area contributed by atoms with Crippen LogP contribution in [0, 0.1) is 10.1 Å². The number of amides is 1. The van der Waals surface area contributed by atoms with Crippen LogP contribution in [-0.4, -0.2) is 16.0 Å². The first-order valence-corrected chi connectivity index (χ1v) is 13.6. The van der Waals surface area contributed by atoms with Gasteiger partial charge >= 0.3 is 0 Å². The minimum atomic E-state index is -0.538. The molecule has 1 fully saturated rings. The molecule has 0 unspecified atom stereocenters. The minimum Gasteiger partial charge on any atom is -0.457 e. The number of hydrogen-bond acceptors (Lipinski definition) is 6. The van der Waals surface area contributed by atoms with Crippen molar-refractivity contribution in [2.45, 2.75) is 26.7 Å². The number of thioether (sulfide) groups is 1. The van der Waals surface area contributed by atoms with Crippen molar-refractivity contribution in [2.75, 3.05) is 4.90 Å². The van der Waals surface area contributed by atoms with Crippen molar-refractivity contribution in [3.63, 3.8) is 0 Å². The van der Waals surface area contributed by atoms with E-state index in [4.69, 9.17) is 21.0 Å². The van der Waals surface area contributed by atoms with Crippen LogP contribution >= 0.6 is 23.4 Å². The molecule has 0 saturated carbocycles. The van der Waals surface area contributed by atoms with Crippen molar-refractivity contribution in [2.24, 2.45) is 4.99 Å². The van der Waals surface area contributed by atoms with Crippen molar-refractivity contribution in [3.8, 4) is 11.3 Å². The van der Waals surface area contributed by atoms with Gasteiger partial charge in [-0.15, -0.1) is 0 Å². The second kappa shape index (κ2) is 11.3. The molecular weight excluding hydrogens is 534 g/mol. The first-order valence-electron chi connectivity index (χ1n) is 12.4. The number of nitro groups is 1. The van der Waals surface area contributed by atoms with Gasteiger partial charge in [0.25, 0.3) is 11.6 Å². The molecule has 1 amide bonds. The second-order valence-corrected chi connectivity index (χ2v) is 10.2. The highest BCUT2D eigenvalue weighted by Gasteiger charge is 2.35. The van der Waals surface area contributed by atoms with E-state index in [9.17, 15) is 14.9 Å². The fourth-order valence-corrected chi connectivity index (χ4v) is 5.26. The van der Waals surface area contributed by atoms with Gasteiger partial charge in [-0.25, -0.2) is 4.99 Å². The van der Waals surface area contributed by atoms with E-state index < -0.39 is 4.92 Å². The molecular formula is C30H24ClN3O4S. The van der Waals surface area contributed by atoms with Crippen molar-refractivity contribution in [1.29, 1.82) is 0 Å². The molecule has 7 nitrogen and oxygen atoms in total. The Morgan fingerprint density at radius 2 is 1.64 bits per heavy atom. The lowest BCUT2D eigenvalue weighted by Crippen LogP contribution is -2.28. The number of nitro benzene ring substituents is 1. The van der Waals surface area contributed by atoms with E-state index in [1.54, 1.807) is 29.2 Å². The van der Waals surface area contributed by atoms with E-state index >= 15 is 0 Å². The van der Waals surface area contributed by atoms with Gasteiger partial charge in [-0.2, -0.15) is 0 Å². The Morgan fingerprint density at radius 3 is 2.28 bits per heavy atom. The van der Waals surface area contributed by atoms with Crippen molar-refractivity contribution in [1.82, 2.24) is 0 Å². The number of carbonyl (C=O) groups excluding carboxylic acids is 1. The number of furan rings is 1. The van der Waals surface area contributed by atoms with Gasteiger partial charge in [0, 0.05) is 17.7 Å². The number of hydrogen-bond donors (Lipinski definition) is 0. The smallest absolute Gasteiger partial charge is 0.288 e. The maximum absolute atomic E-state index is 13.6. The van der Waals surface area contributed by atoms with Crippen LogP contribution in [0.25, 0.3) is 17.4 Å². The molecule has 2 heterocycles. The molecule has 196 valence electrons. The average molecular weight is 558 g/mol. The van der Waals surface area contributed by atoms with E-state index in [2.05, 4.69) is 13.8 Å². The molecule has 0 N–H and O–H groups in total. The highest BCUT2D eigenvalue weighted by Crippen LogP contribution is 2.38. The number of amidine groups is 1. The number of anilines is 1. The van der Waals surface area contributed by atoms with Gasteiger partial charge in [0.15, 0.2) is 5.17 Å². The Kier molecular flexibility index (Phi) is 7.67. The number of carbonyl (C=O) groups is 1. The van der Waals surface area contributed by atoms with Crippen LogP contribution in [0.15, 0.2) is 93.2 Å². The summed E-state index contributed by atoms with van der Waals surface area (Å²) in [4.78, 5) is 31.2. The number of nitrogens with zero attached hydrogens (tertiary/aromatic N) is 3. The maximum Gasteiger partial charge on any atom is 0.288 e.